The van der Waals surface area contributed by atoms with E-state index in [1.54, 1.807) is 0 Å². The van der Waals surface area contributed by atoms with Crippen LogP contribution >= 0.6 is 11.6 Å². The Hall–Kier alpha value is -2.02. The topological polar surface area (TPSA) is 63.6 Å². The summed E-state index contributed by atoms with van der Waals surface area (Å²) in [6.07, 6.45) is -6.69. The second-order valence-corrected chi connectivity index (χ2v) is 4.78. The number of fused-ring (bicyclic) bond motifs is 1. The van der Waals surface area contributed by atoms with Crippen molar-refractivity contribution in [1.82, 2.24) is 0 Å². The fraction of sp³-hybridized carbons (Fsp3) is 0.231. The molecule has 4 nitrogen and oxygen atoms in total. The van der Waals surface area contributed by atoms with Crippen LogP contribution in [0.25, 0.3) is 6.08 Å². The van der Waals surface area contributed by atoms with Gasteiger partial charge in [0.2, 0.25) is 6.10 Å². The molecule has 112 valence electrons. The molecule has 0 bridgehead atoms. The van der Waals surface area contributed by atoms with Crippen molar-refractivity contribution in [2.45, 2.75) is 19.2 Å². The van der Waals surface area contributed by atoms with Crippen LogP contribution in [0.4, 0.5) is 13.2 Å². The van der Waals surface area contributed by atoms with Gasteiger partial charge in [0, 0.05) is 11.1 Å². The first-order valence-electron chi connectivity index (χ1n) is 5.64. The van der Waals surface area contributed by atoms with E-state index in [0.717, 1.165) is 6.08 Å². The van der Waals surface area contributed by atoms with Crippen LogP contribution in [0.3, 0.4) is 0 Å². The van der Waals surface area contributed by atoms with Crippen LogP contribution in [0.2, 0.25) is 5.02 Å². The molecule has 0 amide bonds. The number of aliphatic carboxylic acids is 1. The fourth-order valence-electron chi connectivity index (χ4n) is 1.89. The first-order chi connectivity index (χ1) is 9.61. The Labute approximate surface area is 121 Å². The molecule has 1 aromatic carbocycles. The summed E-state index contributed by atoms with van der Waals surface area (Å²) >= 11 is 5.81. The van der Waals surface area contributed by atoms with Crippen LogP contribution in [0.1, 0.15) is 22.8 Å². The van der Waals surface area contributed by atoms with Crippen molar-refractivity contribution in [2.75, 3.05) is 0 Å². The van der Waals surface area contributed by atoms with Gasteiger partial charge < -0.3 is 9.84 Å². The second kappa shape index (κ2) is 5.07. The summed E-state index contributed by atoms with van der Waals surface area (Å²) in [5.74, 6) is -2.41. The molecule has 1 N–H and O–H groups in total. The van der Waals surface area contributed by atoms with E-state index in [0.29, 0.717) is 0 Å². The fourth-order valence-corrected chi connectivity index (χ4v) is 2.16. The van der Waals surface area contributed by atoms with Crippen molar-refractivity contribution < 1.29 is 32.6 Å². The molecule has 1 aromatic rings. The van der Waals surface area contributed by atoms with Gasteiger partial charge in [0.1, 0.15) is 5.75 Å². The third-order valence-electron chi connectivity index (χ3n) is 2.85. The van der Waals surface area contributed by atoms with Gasteiger partial charge in [0.05, 0.1) is 10.6 Å². The highest BCUT2D eigenvalue weighted by Crippen LogP contribution is 2.41. The van der Waals surface area contributed by atoms with Crippen molar-refractivity contribution in [1.29, 1.82) is 0 Å². The van der Waals surface area contributed by atoms with Gasteiger partial charge in [0.15, 0.2) is 5.78 Å². The summed E-state index contributed by atoms with van der Waals surface area (Å²) in [6, 6.07) is 2.41. The van der Waals surface area contributed by atoms with E-state index >= 15 is 0 Å². The van der Waals surface area contributed by atoms with Crippen molar-refractivity contribution in [2.24, 2.45) is 0 Å². The maximum Gasteiger partial charge on any atom is 0.430 e. The number of halogens is 4. The van der Waals surface area contributed by atoms with Crippen LogP contribution < -0.4 is 4.74 Å². The number of ether oxygens (including phenoxy) is 1. The second-order valence-electron chi connectivity index (χ2n) is 4.38. The largest absolute Gasteiger partial charge is 0.478 e. The molecule has 0 saturated carbocycles. The predicted octanol–water partition coefficient (Wildman–Crippen LogP) is 3.33. The van der Waals surface area contributed by atoms with Gasteiger partial charge >= 0.3 is 12.1 Å². The minimum absolute atomic E-state index is 0.0191. The Bertz CT molecular complexity index is 664. The molecule has 2 rings (SSSR count). The summed E-state index contributed by atoms with van der Waals surface area (Å²) in [5, 5.41) is 8.71. The molecule has 8 heteroatoms. The minimum atomic E-state index is -4.90. The quantitative estimate of drug-likeness (QED) is 0.849. The van der Waals surface area contributed by atoms with Crippen molar-refractivity contribution >= 4 is 29.4 Å². The summed E-state index contributed by atoms with van der Waals surface area (Å²) in [7, 11) is 0. The van der Waals surface area contributed by atoms with E-state index in [1.165, 1.54) is 19.1 Å². The summed E-state index contributed by atoms with van der Waals surface area (Å²) < 4.78 is 43.3. The minimum Gasteiger partial charge on any atom is -0.478 e. The molecule has 0 aromatic heterocycles. The van der Waals surface area contributed by atoms with Gasteiger partial charge in [-0.2, -0.15) is 13.2 Å². The molecule has 21 heavy (non-hydrogen) atoms. The van der Waals surface area contributed by atoms with E-state index in [2.05, 4.69) is 0 Å². The van der Waals surface area contributed by atoms with Crippen molar-refractivity contribution in [3.8, 4) is 5.75 Å². The third kappa shape index (κ3) is 2.87. The van der Waals surface area contributed by atoms with Crippen LogP contribution in [0.5, 0.6) is 5.75 Å². The zero-order chi connectivity index (χ0) is 15.9. The third-order valence-corrected chi connectivity index (χ3v) is 3.13. The maximum atomic E-state index is 12.9. The summed E-state index contributed by atoms with van der Waals surface area (Å²) in [6.45, 7) is 1.25. The molecule has 0 aliphatic carbocycles. The lowest BCUT2D eigenvalue weighted by atomic mass is 9.98. The van der Waals surface area contributed by atoms with Gasteiger partial charge in [-0.25, -0.2) is 4.79 Å². The molecule has 1 aliphatic rings. The number of alkyl halides is 3. The molecular formula is C13H8ClF3O4. The first-order valence-corrected chi connectivity index (χ1v) is 6.01. The monoisotopic (exact) mass is 320 g/mol. The maximum absolute atomic E-state index is 12.9. The number of carboxylic acids is 1. The summed E-state index contributed by atoms with van der Waals surface area (Å²) in [5.41, 5.74) is -0.800. The Morgan fingerprint density at radius 3 is 2.43 bits per heavy atom. The van der Waals surface area contributed by atoms with E-state index < -0.39 is 23.8 Å². The lowest BCUT2D eigenvalue weighted by molar-refractivity contribution is -0.187. The first kappa shape index (κ1) is 15.4. The predicted molar refractivity (Wildman–Crippen MR) is 67.5 cm³/mol. The lowest BCUT2D eigenvalue weighted by Gasteiger charge is -2.27. The van der Waals surface area contributed by atoms with E-state index in [1.807, 2.05) is 0 Å². The molecule has 1 unspecified atom stereocenters. The number of hydrogen-bond donors (Lipinski definition) is 1. The number of carboxylic acid groups (broad SMARTS) is 1. The van der Waals surface area contributed by atoms with Crippen LogP contribution in [-0.4, -0.2) is 29.1 Å². The number of carbonyl (C=O) groups excluding carboxylic acids is 1. The highest BCUT2D eigenvalue weighted by atomic mass is 35.5. The standard InChI is InChI=1S/C13H8ClF3O4/c1-5(18)6-2-7-3-8(12(19)20)11(13(15,16)17)21-10(7)9(14)4-6/h2-4,11H,1H3,(H,19,20). The average molecular weight is 321 g/mol. The Morgan fingerprint density at radius 1 is 1.33 bits per heavy atom. The molecule has 0 spiro atoms. The Morgan fingerprint density at radius 2 is 1.95 bits per heavy atom. The van der Waals surface area contributed by atoms with Crippen LogP contribution in [-0.2, 0) is 4.79 Å². The van der Waals surface area contributed by atoms with Gasteiger partial charge in [-0.15, -0.1) is 0 Å². The number of rotatable bonds is 2. The molecule has 1 aliphatic heterocycles. The average Bonchev–Trinajstić information content (AvgIpc) is 2.35. The van der Waals surface area contributed by atoms with Gasteiger partial charge in [-0.3, -0.25) is 4.79 Å². The van der Waals surface area contributed by atoms with Gasteiger partial charge in [0.25, 0.3) is 0 Å². The molecule has 0 saturated heterocycles. The van der Waals surface area contributed by atoms with E-state index in [9.17, 15) is 22.8 Å². The molecule has 0 fully saturated rings. The smallest absolute Gasteiger partial charge is 0.430 e. The van der Waals surface area contributed by atoms with E-state index in [-0.39, 0.29) is 27.7 Å². The highest BCUT2D eigenvalue weighted by Gasteiger charge is 2.48. The van der Waals surface area contributed by atoms with Crippen molar-refractivity contribution in [3.63, 3.8) is 0 Å². The lowest BCUT2D eigenvalue weighted by Crippen LogP contribution is -2.40. The number of ketones is 1. The van der Waals surface area contributed by atoms with E-state index in [4.69, 9.17) is 21.4 Å². The zero-order valence-electron chi connectivity index (χ0n) is 10.5. The number of benzene rings is 1. The van der Waals surface area contributed by atoms with Gasteiger partial charge in [-0.05, 0) is 25.1 Å². The number of Topliss-reactive ketones (excluding diaryl/α,β-unsaturated/α-hetero) is 1. The van der Waals surface area contributed by atoms with Crippen LogP contribution in [0.15, 0.2) is 17.7 Å². The highest BCUT2D eigenvalue weighted by molar-refractivity contribution is 6.32. The van der Waals surface area contributed by atoms with Crippen LogP contribution in [0, 0.1) is 0 Å². The number of carbonyl (C=O) groups is 2. The number of hydrogen-bond acceptors (Lipinski definition) is 3. The Kier molecular flexibility index (Phi) is 3.71. The zero-order valence-corrected chi connectivity index (χ0v) is 11.2. The van der Waals surface area contributed by atoms with Crippen molar-refractivity contribution in [3.05, 3.63) is 33.9 Å². The molecule has 0 radical (unpaired) electrons. The normalized spacial score (nSPS) is 17.6. The SMILES string of the molecule is CC(=O)c1cc(Cl)c2c(c1)C=C(C(=O)O)C(C(F)(F)F)O2. The molecule has 1 atom stereocenters. The Balaban J connectivity index is 2.63. The van der Waals surface area contributed by atoms with Gasteiger partial charge in [-0.1, -0.05) is 11.6 Å². The molecule has 1 heterocycles. The summed E-state index contributed by atoms with van der Waals surface area (Å²) in [4.78, 5) is 22.3. The molecular weight excluding hydrogens is 313 g/mol.